The molecule has 0 radical (unpaired) electrons. The van der Waals surface area contributed by atoms with Crippen LogP contribution in [0.25, 0.3) is 11.4 Å². The van der Waals surface area contributed by atoms with Crippen LogP contribution in [0.15, 0.2) is 53.1 Å². The van der Waals surface area contributed by atoms with Crippen molar-refractivity contribution in [3.8, 4) is 22.9 Å². The molecule has 4 rings (SSSR count). The van der Waals surface area contributed by atoms with Gasteiger partial charge in [-0.15, -0.1) is 0 Å². The van der Waals surface area contributed by atoms with Gasteiger partial charge in [0.1, 0.15) is 6.10 Å². The molecule has 170 valence electrons. The lowest BCUT2D eigenvalue weighted by molar-refractivity contribution is -0.137. The average molecular weight is 447 g/mol. The Morgan fingerprint density at radius 3 is 2.53 bits per heavy atom. The van der Waals surface area contributed by atoms with E-state index in [2.05, 4.69) is 15.0 Å². The molecule has 0 unspecified atom stereocenters. The van der Waals surface area contributed by atoms with E-state index in [1.54, 1.807) is 0 Å². The molecule has 1 aliphatic heterocycles. The molecular weight excluding hydrogens is 423 g/mol. The number of halogens is 3. The van der Waals surface area contributed by atoms with E-state index in [1.807, 2.05) is 31.2 Å². The molecular formula is C23H24F3N3O3. The first-order chi connectivity index (χ1) is 15.4. The molecule has 6 nitrogen and oxygen atoms in total. The third-order valence-electron chi connectivity index (χ3n) is 5.25. The molecule has 0 N–H and O–H groups in total. The van der Waals surface area contributed by atoms with E-state index in [4.69, 9.17) is 14.0 Å². The maximum atomic E-state index is 12.9. The molecule has 3 aromatic rings. The first kappa shape index (κ1) is 22.1. The van der Waals surface area contributed by atoms with Crippen LogP contribution in [0, 0.1) is 0 Å². The van der Waals surface area contributed by atoms with Crippen LogP contribution in [0.4, 0.5) is 13.2 Å². The molecule has 1 fully saturated rings. The van der Waals surface area contributed by atoms with Crippen molar-refractivity contribution in [1.29, 1.82) is 0 Å². The summed E-state index contributed by atoms with van der Waals surface area (Å²) >= 11 is 0. The van der Waals surface area contributed by atoms with Crippen molar-refractivity contribution in [2.45, 2.75) is 38.6 Å². The number of alkyl halides is 3. The fourth-order valence-electron chi connectivity index (χ4n) is 3.65. The summed E-state index contributed by atoms with van der Waals surface area (Å²) in [6, 6.07) is 12.6. The van der Waals surface area contributed by atoms with Crippen LogP contribution in [-0.4, -0.2) is 40.8 Å². The highest BCUT2D eigenvalue weighted by Gasteiger charge is 2.31. The van der Waals surface area contributed by atoms with E-state index in [1.165, 1.54) is 12.1 Å². The third-order valence-corrected chi connectivity index (χ3v) is 5.25. The number of hydrogen-bond donors (Lipinski definition) is 0. The minimum absolute atomic E-state index is 0.0798. The number of nitrogens with zero attached hydrogens (tertiary/aromatic N) is 3. The third kappa shape index (κ3) is 5.40. The van der Waals surface area contributed by atoms with Gasteiger partial charge in [-0.3, -0.25) is 4.90 Å². The standard InChI is InChI=1S/C23H24F3N3O3/c1-2-30-19-8-3-4-9-20(19)31-18-10-12-29(13-11-18)15-21-27-22(28-32-21)16-6-5-7-17(14-16)23(24,25)26/h3-9,14,18H,2,10-13,15H2,1H3. The Bertz CT molecular complexity index is 1030. The van der Waals surface area contributed by atoms with Gasteiger partial charge >= 0.3 is 6.18 Å². The molecule has 1 aromatic heterocycles. The summed E-state index contributed by atoms with van der Waals surface area (Å²) in [6.45, 7) is 4.51. The van der Waals surface area contributed by atoms with E-state index in [-0.39, 0.29) is 17.5 Å². The molecule has 2 aromatic carbocycles. The molecule has 0 spiro atoms. The van der Waals surface area contributed by atoms with Gasteiger partial charge in [0.15, 0.2) is 11.5 Å². The van der Waals surface area contributed by atoms with Crippen LogP contribution in [-0.2, 0) is 12.7 Å². The minimum atomic E-state index is -4.42. The summed E-state index contributed by atoms with van der Waals surface area (Å²) in [4.78, 5) is 6.45. The number of ether oxygens (including phenoxy) is 2. The molecule has 0 amide bonds. The fourth-order valence-corrected chi connectivity index (χ4v) is 3.65. The maximum Gasteiger partial charge on any atom is 0.416 e. The molecule has 0 aliphatic carbocycles. The van der Waals surface area contributed by atoms with E-state index in [0.29, 0.717) is 19.0 Å². The van der Waals surface area contributed by atoms with E-state index in [9.17, 15) is 13.2 Å². The minimum Gasteiger partial charge on any atom is -0.490 e. The van der Waals surface area contributed by atoms with Crippen LogP contribution in [0.1, 0.15) is 31.2 Å². The van der Waals surface area contributed by atoms with Gasteiger partial charge in [0.2, 0.25) is 11.7 Å². The second-order valence-corrected chi connectivity index (χ2v) is 7.56. The zero-order valence-corrected chi connectivity index (χ0v) is 17.6. The van der Waals surface area contributed by atoms with Gasteiger partial charge in [-0.25, -0.2) is 0 Å². The van der Waals surface area contributed by atoms with Crippen molar-refractivity contribution in [1.82, 2.24) is 15.0 Å². The van der Waals surface area contributed by atoms with E-state index in [0.717, 1.165) is 49.6 Å². The highest BCUT2D eigenvalue weighted by Crippen LogP contribution is 2.32. The zero-order valence-electron chi connectivity index (χ0n) is 17.6. The highest BCUT2D eigenvalue weighted by molar-refractivity contribution is 5.55. The highest BCUT2D eigenvalue weighted by atomic mass is 19.4. The Kier molecular flexibility index (Phi) is 6.64. The predicted molar refractivity (Wildman–Crippen MR) is 111 cm³/mol. The van der Waals surface area contributed by atoms with Gasteiger partial charge in [-0.2, -0.15) is 18.2 Å². The van der Waals surface area contributed by atoms with Crippen LogP contribution in [0.5, 0.6) is 11.5 Å². The Balaban J connectivity index is 1.32. The van der Waals surface area contributed by atoms with Crippen LogP contribution in [0.3, 0.4) is 0 Å². The molecule has 0 saturated carbocycles. The lowest BCUT2D eigenvalue weighted by atomic mass is 10.1. The first-order valence-electron chi connectivity index (χ1n) is 10.5. The first-order valence-corrected chi connectivity index (χ1v) is 10.5. The van der Waals surface area contributed by atoms with E-state index < -0.39 is 11.7 Å². The lowest BCUT2D eigenvalue weighted by Gasteiger charge is -2.31. The number of aromatic nitrogens is 2. The Labute approximate surface area is 183 Å². The summed E-state index contributed by atoms with van der Waals surface area (Å²) in [7, 11) is 0. The number of hydrogen-bond acceptors (Lipinski definition) is 6. The predicted octanol–water partition coefficient (Wildman–Crippen LogP) is 5.20. The number of benzene rings is 2. The maximum absolute atomic E-state index is 12.9. The fraction of sp³-hybridized carbons (Fsp3) is 0.391. The average Bonchev–Trinajstić information content (AvgIpc) is 3.25. The van der Waals surface area contributed by atoms with Crippen LogP contribution >= 0.6 is 0 Å². The number of likely N-dealkylation sites (tertiary alicyclic amines) is 1. The Morgan fingerprint density at radius 1 is 1.06 bits per heavy atom. The van der Waals surface area contributed by atoms with Crippen molar-refractivity contribution < 1.29 is 27.2 Å². The largest absolute Gasteiger partial charge is 0.490 e. The van der Waals surface area contributed by atoms with Gasteiger partial charge in [0.25, 0.3) is 0 Å². The van der Waals surface area contributed by atoms with Gasteiger partial charge in [-0.1, -0.05) is 29.4 Å². The monoisotopic (exact) mass is 447 g/mol. The van der Waals surface area contributed by atoms with Crippen molar-refractivity contribution in [3.05, 3.63) is 60.0 Å². The normalized spacial score (nSPS) is 15.6. The zero-order chi connectivity index (χ0) is 22.6. The van der Waals surface area contributed by atoms with Crippen LogP contribution < -0.4 is 9.47 Å². The number of para-hydroxylation sites is 2. The van der Waals surface area contributed by atoms with Crippen molar-refractivity contribution in [2.24, 2.45) is 0 Å². The molecule has 0 bridgehead atoms. The Hall–Kier alpha value is -3.07. The van der Waals surface area contributed by atoms with Gasteiger partial charge < -0.3 is 14.0 Å². The molecule has 32 heavy (non-hydrogen) atoms. The van der Waals surface area contributed by atoms with Crippen molar-refractivity contribution in [2.75, 3.05) is 19.7 Å². The second-order valence-electron chi connectivity index (χ2n) is 7.56. The smallest absolute Gasteiger partial charge is 0.416 e. The summed E-state index contributed by atoms with van der Waals surface area (Å²) in [5.74, 6) is 2.01. The molecule has 9 heteroatoms. The number of piperidine rings is 1. The topological polar surface area (TPSA) is 60.6 Å². The SMILES string of the molecule is CCOc1ccccc1OC1CCN(Cc2nc(-c3cccc(C(F)(F)F)c3)no2)CC1. The van der Waals surface area contributed by atoms with Gasteiger partial charge in [0, 0.05) is 18.7 Å². The van der Waals surface area contributed by atoms with Crippen LogP contribution in [0.2, 0.25) is 0 Å². The van der Waals surface area contributed by atoms with Gasteiger partial charge in [0.05, 0.1) is 18.7 Å². The summed E-state index contributed by atoms with van der Waals surface area (Å²) in [5.41, 5.74) is -0.468. The summed E-state index contributed by atoms with van der Waals surface area (Å²) < 4.78 is 55.9. The molecule has 2 heterocycles. The Morgan fingerprint density at radius 2 is 1.81 bits per heavy atom. The molecule has 1 aliphatic rings. The molecule has 1 saturated heterocycles. The van der Waals surface area contributed by atoms with E-state index >= 15 is 0 Å². The second kappa shape index (κ2) is 9.60. The quantitative estimate of drug-likeness (QED) is 0.496. The van der Waals surface area contributed by atoms with Crippen molar-refractivity contribution >= 4 is 0 Å². The number of rotatable bonds is 7. The summed E-state index contributed by atoms with van der Waals surface area (Å²) in [5, 5.41) is 3.85. The molecule has 0 atom stereocenters. The summed E-state index contributed by atoms with van der Waals surface area (Å²) in [6.07, 6.45) is -2.68. The van der Waals surface area contributed by atoms with Gasteiger partial charge in [-0.05, 0) is 44.0 Å². The lowest BCUT2D eigenvalue weighted by Crippen LogP contribution is -2.37. The van der Waals surface area contributed by atoms with Crippen molar-refractivity contribution in [3.63, 3.8) is 0 Å².